The lowest BCUT2D eigenvalue weighted by molar-refractivity contribution is 0.139. The van der Waals surface area contributed by atoms with Gasteiger partial charge in [-0.3, -0.25) is 0 Å². The van der Waals surface area contributed by atoms with Crippen LogP contribution in [0.5, 0.6) is 5.75 Å². The number of hydrogen-bond donors (Lipinski definition) is 1. The summed E-state index contributed by atoms with van der Waals surface area (Å²) in [5, 5.41) is 0. The van der Waals surface area contributed by atoms with Crippen molar-refractivity contribution in [2.45, 2.75) is 52.5 Å². The molecule has 0 bridgehead atoms. The van der Waals surface area contributed by atoms with Crippen LogP contribution in [0.4, 0.5) is 0 Å². The lowest BCUT2D eigenvalue weighted by Crippen LogP contribution is -2.30. The van der Waals surface area contributed by atoms with Crippen LogP contribution in [0.2, 0.25) is 0 Å². The zero-order valence-corrected chi connectivity index (χ0v) is 15.2. The topological polar surface area (TPSA) is 35.2 Å². The van der Waals surface area contributed by atoms with Gasteiger partial charge in [-0.15, -0.1) is 0 Å². The van der Waals surface area contributed by atoms with Crippen LogP contribution in [0, 0.1) is 17.3 Å². The summed E-state index contributed by atoms with van der Waals surface area (Å²) in [4.78, 5) is 0. The van der Waals surface area contributed by atoms with E-state index in [1.165, 1.54) is 31.2 Å². The summed E-state index contributed by atoms with van der Waals surface area (Å²) in [5.74, 6) is 2.29. The molecule has 2 nitrogen and oxygen atoms in total. The van der Waals surface area contributed by atoms with Crippen LogP contribution >= 0.6 is 15.9 Å². The fourth-order valence-corrected chi connectivity index (χ4v) is 4.13. The second-order valence-corrected chi connectivity index (χ2v) is 8.25. The highest BCUT2D eigenvalue weighted by atomic mass is 79.9. The minimum atomic E-state index is 0.117. The second-order valence-electron chi connectivity index (χ2n) is 7.39. The summed E-state index contributed by atoms with van der Waals surface area (Å²) in [7, 11) is 1.69. The van der Waals surface area contributed by atoms with Gasteiger partial charge in [0.1, 0.15) is 5.75 Å². The van der Waals surface area contributed by atoms with Crippen molar-refractivity contribution in [3.8, 4) is 5.75 Å². The van der Waals surface area contributed by atoms with E-state index in [4.69, 9.17) is 10.5 Å². The molecule has 1 aliphatic rings. The van der Waals surface area contributed by atoms with Crippen molar-refractivity contribution < 1.29 is 4.74 Å². The van der Waals surface area contributed by atoms with Gasteiger partial charge in [0, 0.05) is 10.5 Å². The van der Waals surface area contributed by atoms with Gasteiger partial charge in [0.15, 0.2) is 0 Å². The van der Waals surface area contributed by atoms with E-state index >= 15 is 0 Å². The van der Waals surface area contributed by atoms with Crippen molar-refractivity contribution in [3.63, 3.8) is 0 Å². The van der Waals surface area contributed by atoms with Crippen LogP contribution in [0.25, 0.3) is 0 Å². The molecule has 0 heterocycles. The largest absolute Gasteiger partial charge is 0.497 e. The molecule has 3 heteroatoms. The minimum Gasteiger partial charge on any atom is -0.497 e. The highest BCUT2D eigenvalue weighted by Crippen LogP contribution is 2.43. The highest BCUT2D eigenvalue weighted by molar-refractivity contribution is 9.10. The number of nitrogens with two attached hydrogens (primary N) is 1. The molecule has 2 N–H and O–H groups in total. The van der Waals surface area contributed by atoms with Crippen LogP contribution in [0.1, 0.15) is 58.1 Å². The van der Waals surface area contributed by atoms with Crippen LogP contribution in [-0.4, -0.2) is 7.11 Å². The van der Waals surface area contributed by atoms with Crippen molar-refractivity contribution in [3.05, 3.63) is 28.2 Å². The molecular formula is C18H28BrNO. The molecule has 118 valence electrons. The highest BCUT2D eigenvalue weighted by Gasteiger charge is 2.32. The van der Waals surface area contributed by atoms with Crippen molar-refractivity contribution in [1.82, 2.24) is 0 Å². The van der Waals surface area contributed by atoms with Gasteiger partial charge in [-0.2, -0.15) is 0 Å². The molecular weight excluding hydrogens is 326 g/mol. The van der Waals surface area contributed by atoms with E-state index < -0.39 is 0 Å². The molecule has 0 aliphatic heterocycles. The smallest absolute Gasteiger partial charge is 0.120 e. The number of methoxy groups -OCH3 is 1. The van der Waals surface area contributed by atoms with Gasteiger partial charge in [0.25, 0.3) is 0 Å². The third kappa shape index (κ3) is 4.01. The van der Waals surface area contributed by atoms with E-state index in [9.17, 15) is 0 Å². The molecule has 1 unspecified atom stereocenters. The van der Waals surface area contributed by atoms with Gasteiger partial charge in [-0.05, 0) is 60.6 Å². The molecule has 0 saturated heterocycles. The Hall–Kier alpha value is -0.540. The van der Waals surface area contributed by atoms with Crippen LogP contribution in [-0.2, 0) is 0 Å². The maximum Gasteiger partial charge on any atom is 0.120 e. The fraction of sp³-hybridized carbons (Fsp3) is 0.667. The quantitative estimate of drug-likeness (QED) is 0.798. The van der Waals surface area contributed by atoms with E-state index in [1.54, 1.807) is 7.11 Å². The Labute approximate surface area is 137 Å². The first-order chi connectivity index (χ1) is 9.82. The number of ether oxygens (including phenoxy) is 1. The third-order valence-electron chi connectivity index (χ3n) is 5.07. The van der Waals surface area contributed by atoms with Gasteiger partial charge in [0.05, 0.1) is 7.11 Å². The molecule has 0 radical (unpaired) electrons. The molecule has 0 spiro atoms. The molecule has 1 saturated carbocycles. The molecule has 1 aliphatic carbocycles. The average Bonchev–Trinajstić information content (AvgIpc) is 2.45. The molecule has 0 aromatic heterocycles. The van der Waals surface area contributed by atoms with Gasteiger partial charge < -0.3 is 10.5 Å². The molecule has 2 rings (SSSR count). The molecule has 0 amide bonds. The predicted molar refractivity (Wildman–Crippen MR) is 92.5 cm³/mol. The average molecular weight is 354 g/mol. The van der Waals surface area contributed by atoms with E-state index in [0.29, 0.717) is 11.3 Å². The van der Waals surface area contributed by atoms with Gasteiger partial charge in [-0.1, -0.05) is 42.8 Å². The Morgan fingerprint density at radius 1 is 1.19 bits per heavy atom. The second kappa shape index (κ2) is 6.70. The Morgan fingerprint density at radius 2 is 1.81 bits per heavy atom. The molecule has 1 aromatic rings. The molecule has 1 fully saturated rings. The lowest BCUT2D eigenvalue weighted by atomic mass is 9.68. The van der Waals surface area contributed by atoms with E-state index in [1.807, 2.05) is 12.1 Å². The zero-order chi connectivity index (χ0) is 15.6. The van der Waals surface area contributed by atoms with E-state index in [2.05, 4.69) is 42.8 Å². The van der Waals surface area contributed by atoms with Gasteiger partial charge >= 0.3 is 0 Å². The summed E-state index contributed by atoms with van der Waals surface area (Å²) < 4.78 is 6.32. The normalized spacial score (nSPS) is 24.7. The SMILES string of the molecule is COc1ccc(C(N)C2CCC(C(C)(C)C)CC2)c(Br)c1. The first kappa shape index (κ1) is 16.8. The summed E-state index contributed by atoms with van der Waals surface area (Å²) in [5.41, 5.74) is 8.18. The lowest BCUT2D eigenvalue weighted by Gasteiger charge is -2.39. The Kier molecular flexibility index (Phi) is 5.37. The minimum absolute atomic E-state index is 0.117. The van der Waals surface area contributed by atoms with Gasteiger partial charge in [-0.25, -0.2) is 0 Å². The van der Waals surface area contributed by atoms with E-state index in [0.717, 1.165) is 16.1 Å². The Balaban J connectivity index is 2.03. The fourth-order valence-electron chi connectivity index (χ4n) is 3.50. The maximum atomic E-state index is 6.55. The molecule has 1 atom stereocenters. The predicted octanol–water partition coefficient (Wildman–Crippen LogP) is 5.31. The van der Waals surface area contributed by atoms with Crippen molar-refractivity contribution >= 4 is 15.9 Å². The summed E-state index contributed by atoms with van der Waals surface area (Å²) in [6.45, 7) is 7.08. The van der Waals surface area contributed by atoms with Crippen molar-refractivity contribution in [2.24, 2.45) is 23.0 Å². The van der Waals surface area contributed by atoms with E-state index in [-0.39, 0.29) is 6.04 Å². The first-order valence-electron chi connectivity index (χ1n) is 7.92. The van der Waals surface area contributed by atoms with Crippen molar-refractivity contribution in [1.29, 1.82) is 0 Å². The van der Waals surface area contributed by atoms with Crippen LogP contribution in [0.3, 0.4) is 0 Å². The van der Waals surface area contributed by atoms with Crippen molar-refractivity contribution in [2.75, 3.05) is 7.11 Å². The maximum absolute atomic E-state index is 6.55. The first-order valence-corrected chi connectivity index (χ1v) is 8.71. The Morgan fingerprint density at radius 3 is 2.29 bits per heavy atom. The number of benzene rings is 1. The summed E-state index contributed by atoms with van der Waals surface area (Å²) >= 11 is 3.64. The standard InChI is InChI=1S/C18H28BrNO/c1-18(2,3)13-7-5-12(6-8-13)17(20)15-10-9-14(21-4)11-16(15)19/h9-13,17H,5-8,20H2,1-4H3. The Bertz CT molecular complexity index is 473. The number of hydrogen-bond acceptors (Lipinski definition) is 2. The monoisotopic (exact) mass is 353 g/mol. The number of halogens is 1. The molecule has 21 heavy (non-hydrogen) atoms. The van der Waals surface area contributed by atoms with Crippen LogP contribution in [0.15, 0.2) is 22.7 Å². The van der Waals surface area contributed by atoms with Gasteiger partial charge in [0.2, 0.25) is 0 Å². The molecule has 1 aromatic carbocycles. The number of rotatable bonds is 3. The zero-order valence-electron chi connectivity index (χ0n) is 13.7. The summed E-state index contributed by atoms with van der Waals surface area (Å²) in [6, 6.07) is 6.23. The van der Waals surface area contributed by atoms with Crippen LogP contribution < -0.4 is 10.5 Å². The summed E-state index contributed by atoms with van der Waals surface area (Å²) in [6.07, 6.45) is 5.08. The third-order valence-corrected chi connectivity index (χ3v) is 5.76.